The lowest BCUT2D eigenvalue weighted by Crippen LogP contribution is -2.46. The molecule has 32 heavy (non-hydrogen) atoms. The van der Waals surface area contributed by atoms with E-state index < -0.39 is 0 Å². The number of likely N-dealkylation sites (tertiary alicyclic amines) is 1. The van der Waals surface area contributed by atoms with Crippen LogP contribution in [0.4, 0.5) is 5.69 Å². The topological polar surface area (TPSA) is 57.0 Å². The van der Waals surface area contributed by atoms with E-state index in [1.54, 1.807) is 42.5 Å². The summed E-state index contributed by atoms with van der Waals surface area (Å²) in [4.78, 5) is 32.5. The van der Waals surface area contributed by atoms with Gasteiger partial charge in [0.25, 0.3) is 11.8 Å². The van der Waals surface area contributed by atoms with Gasteiger partial charge in [-0.25, -0.2) is 0 Å². The fourth-order valence-electron chi connectivity index (χ4n) is 4.16. The number of piperidine rings is 1. The van der Waals surface area contributed by atoms with Gasteiger partial charge in [-0.15, -0.1) is 0 Å². The van der Waals surface area contributed by atoms with Crippen LogP contribution in [0.2, 0.25) is 0 Å². The average molecular weight is 432 g/mol. The first-order valence-electron chi connectivity index (χ1n) is 11.0. The van der Waals surface area contributed by atoms with Gasteiger partial charge < -0.3 is 19.1 Å². The summed E-state index contributed by atoms with van der Waals surface area (Å²) in [5.74, 6) is 0.531. The van der Waals surface area contributed by atoms with Crippen molar-refractivity contribution < 1.29 is 14.0 Å². The third-order valence-electron chi connectivity index (χ3n) is 6.10. The van der Waals surface area contributed by atoms with Gasteiger partial charge in [0.05, 0.1) is 12.8 Å². The first-order chi connectivity index (χ1) is 15.5. The monoisotopic (exact) mass is 431 g/mol. The summed E-state index contributed by atoms with van der Waals surface area (Å²) in [5, 5.41) is 0. The third-order valence-corrected chi connectivity index (χ3v) is 6.10. The molecule has 1 aliphatic heterocycles. The van der Waals surface area contributed by atoms with E-state index >= 15 is 0 Å². The number of amides is 2. The van der Waals surface area contributed by atoms with Gasteiger partial charge in [0.15, 0.2) is 0 Å². The molecule has 166 valence electrons. The van der Waals surface area contributed by atoms with Gasteiger partial charge in [0.1, 0.15) is 5.76 Å². The molecular formula is C26H29N3O3. The van der Waals surface area contributed by atoms with Crippen LogP contribution in [0.25, 0.3) is 0 Å². The minimum atomic E-state index is -0.150. The minimum absolute atomic E-state index is 0.0760. The van der Waals surface area contributed by atoms with E-state index in [9.17, 15) is 9.59 Å². The summed E-state index contributed by atoms with van der Waals surface area (Å²) >= 11 is 0. The lowest BCUT2D eigenvalue weighted by Gasteiger charge is -2.37. The van der Waals surface area contributed by atoms with Crippen LogP contribution in [0.5, 0.6) is 0 Å². The summed E-state index contributed by atoms with van der Waals surface area (Å²) in [6, 6.07) is 20.4. The molecule has 0 unspecified atom stereocenters. The first kappa shape index (κ1) is 21.8. The average Bonchev–Trinajstić information content (AvgIpc) is 3.36. The Morgan fingerprint density at radius 3 is 2.28 bits per heavy atom. The molecule has 2 amide bonds. The molecule has 1 fully saturated rings. The maximum atomic E-state index is 13.6. The van der Waals surface area contributed by atoms with Crippen molar-refractivity contribution >= 4 is 17.5 Å². The highest BCUT2D eigenvalue weighted by molar-refractivity contribution is 6.07. The molecule has 0 N–H and O–H groups in total. The Kier molecular flexibility index (Phi) is 6.71. The predicted octanol–water partition coefficient (Wildman–Crippen LogP) is 4.29. The van der Waals surface area contributed by atoms with E-state index in [-0.39, 0.29) is 17.9 Å². The SMILES string of the molecule is CN1CCC(N(Cc2ccco2)C(=O)c2cccc(C(=O)N(C)c3ccccc3)c2)CC1. The molecule has 0 radical (unpaired) electrons. The highest BCUT2D eigenvalue weighted by atomic mass is 16.3. The molecule has 1 aliphatic rings. The lowest BCUT2D eigenvalue weighted by atomic mass is 10.0. The van der Waals surface area contributed by atoms with E-state index in [1.807, 2.05) is 47.4 Å². The number of nitrogens with zero attached hydrogens (tertiary/aromatic N) is 3. The Morgan fingerprint density at radius 1 is 0.938 bits per heavy atom. The van der Waals surface area contributed by atoms with Crippen molar-refractivity contribution in [2.75, 3.05) is 32.1 Å². The van der Waals surface area contributed by atoms with Gasteiger partial charge in [-0.1, -0.05) is 24.3 Å². The molecule has 4 rings (SSSR count). The highest BCUT2D eigenvalue weighted by Crippen LogP contribution is 2.22. The minimum Gasteiger partial charge on any atom is -0.467 e. The van der Waals surface area contributed by atoms with Crippen LogP contribution in [0.3, 0.4) is 0 Å². The van der Waals surface area contributed by atoms with Crippen LogP contribution < -0.4 is 4.90 Å². The maximum Gasteiger partial charge on any atom is 0.258 e. The number of carbonyl (C=O) groups is 2. The summed E-state index contributed by atoms with van der Waals surface area (Å²) < 4.78 is 5.54. The van der Waals surface area contributed by atoms with Crippen LogP contribution in [-0.4, -0.2) is 54.8 Å². The van der Waals surface area contributed by atoms with Gasteiger partial charge in [-0.05, 0) is 75.4 Å². The van der Waals surface area contributed by atoms with E-state index in [4.69, 9.17) is 4.42 Å². The van der Waals surface area contributed by atoms with Crippen molar-refractivity contribution in [3.05, 3.63) is 89.9 Å². The molecule has 0 aliphatic carbocycles. The zero-order valence-electron chi connectivity index (χ0n) is 18.6. The van der Waals surface area contributed by atoms with E-state index in [0.717, 1.165) is 37.4 Å². The second-order valence-electron chi connectivity index (χ2n) is 8.33. The summed E-state index contributed by atoms with van der Waals surface area (Å²) in [6.45, 7) is 2.32. The smallest absolute Gasteiger partial charge is 0.258 e. The van der Waals surface area contributed by atoms with Gasteiger partial charge >= 0.3 is 0 Å². The number of para-hydroxylation sites is 1. The number of rotatable bonds is 6. The molecule has 3 aromatic rings. The second-order valence-corrected chi connectivity index (χ2v) is 8.33. The molecule has 0 atom stereocenters. The Balaban J connectivity index is 1.57. The summed E-state index contributed by atoms with van der Waals surface area (Å²) in [7, 11) is 3.85. The van der Waals surface area contributed by atoms with Crippen LogP contribution in [-0.2, 0) is 6.54 Å². The number of anilines is 1. The number of hydrogen-bond acceptors (Lipinski definition) is 4. The molecule has 0 bridgehead atoms. The Labute approximate surface area is 189 Å². The van der Waals surface area contributed by atoms with Crippen molar-refractivity contribution in [1.29, 1.82) is 0 Å². The highest BCUT2D eigenvalue weighted by Gasteiger charge is 2.29. The van der Waals surface area contributed by atoms with E-state index in [2.05, 4.69) is 11.9 Å². The van der Waals surface area contributed by atoms with Crippen molar-refractivity contribution in [2.45, 2.75) is 25.4 Å². The van der Waals surface area contributed by atoms with E-state index in [1.165, 1.54) is 0 Å². The quantitative estimate of drug-likeness (QED) is 0.584. The Morgan fingerprint density at radius 2 is 1.62 bits per heavy atom. The Hall–Kier alpha value is -3.38. The maximum absolute atomic E-state index is 13.6. The van der Waals surface area contributed by atoms with Crippen LogP contribution in [0.15, 0.2) is 77.4 Å². The van der Waals surface area contributed by atoms with Crippen molar-refractivity contribution in [3.63, 3.8) is 0 Å². The number of carbonyl (C=O) groups excluding carboxylic acids is 2. The molecule has 6 heteroatoms. The molecule has 0 spiro atoms. The third kappa shape index (κ3) is 4.92. The van der Waals surface area contributed by atoms with Crippen LogP contribution in [0.1, 0.15) is 39.3 Å². The summed E-state index contributed by atoms with van der Waals surface area (Å²) in [6.07, 6.45) is 3.46. The molecular weight excluding hydrogens is 402 g/mol. The van der Waals surface area contributed by atoms with Gasteiger partial charge in [-0.2, -0.15) is 0 Å². The van der Waals surface area contributed by atoms with Crippen molar-refractivity contribution in [2.24, 2.45) is 0 Å². The summed E-state index contributed by atoms with van der Waals surface area (Å²) in [5.41, 5.74) is 1.81. The number of benzene rings is 2. The van der Waals surface area contributed by atoms with Gasteiger partial charge in [0.2, 0.25) is 0 Å². The molecule has 2 aromatic carbocycles. The fourth-order valence-corrected chi connectivity index (χ4v) is 4.16. The standard InChI is InChI=1S/C26H29N3O3/c1-27-15-13-23(14-16-27)29(19-24-12-7-17-32-24)26(31)21-9-6-8-20(18-21)25(30)28(2)22-10-4-3-5-11-22/h3-12,17-18,23H,13-16,19H2,1-2H3. The number of furan rings is 1. The van der Waals surface area contributed by atoms with E-state index in [0.29, 0.717) is 17.7 Å². The first-order valence-corrected chi connectivity index (χ1v) is 11.0. The van der Waals surface area contributed by atoms with Crippen molar-refractivity contribution in [1.82, 2.24) is 9.80 Å². The molecule has 2 heterocycles. The normalized spacial score (nSPS) is 14.8. The molecule has 1 saturated heterocycles. The van der Waals surface area contributed by atoms with Gasteiger partial charge in [0, 0.05) is 29.9 Å². The van der Waals surface area contributed by atoms with Crippen molar-refractivity contribution in [3.8, 4) is 0 Å². The predicted molar refractivity (Wildman–Crippen MR) is 125 cm³/mol. The fraction of sp³-hybridized carbons (Fsp3) is 0.308. The zero-order chi connectivity index (χ0) is 22.5. The number of hydrogen-bond donors (Lipinski definition) is 0. The van der Waals surface area contributed by atoms with Crippen LogP contribution >= 0.6 is 0 Å². The lowest BCUT2D eigenvalue weighted by molar-refractivity contribution is 0.0550. The Bertz CT molecular complexity index is 1040. The van der Waals surface area contributed by atoms with Crippen LogP contribution in [0, 0.1) is 0 Å². The zero-order valence-corrected chi connectivity index (χ0v) is 18.6. The van der Waals surface area contributed by atoms with Gasteiger partial charge in [-0.3, -0.25) is 9.59 Å². The second kappa shape index (κ2) is 9.83. The molecule has 1 aromatic heterocycles. The largest absolute Gasteiger partial charge is 0.467 e. The molecule has 0 saturated carbocycles. The molecule has 6 nitrogen and oxygen atoms in total.